The van der Waals surface area contributed by atoms with Crippen LogP contribution in [-0.2, 0) is 9.31 Å². The van der Waals surface area contributed by atoms with Gasteiger partial charge in [-0.05, 0) is 82.3 Å². The third-order valence-electron chi connectivity index (χ3n) is 10.8. The summed E-state index contributed by atoms with van der Waals surface area (Å²) in [5.74, 6) is 0. The van der Waals surface area contributed by atoms with E-state index in [4.69, 9.17) is 9.31 Å². The lowest BCUT2D eigenvalue weighted by atomic mass is 9.78. The number of hydrogen-bond acceptors (Lipinski definition) is 3. The van der Waals surface area contributed by atoms with Crippen molar-refractivity contribution < 1.29 is 9.31 Å². The van der Waals surface area contributed by atoms with Crippen molar-refractivity contribution in [2.24, 2.45) is 0 Å². The van der Waals surface area contributed by atoms with E-state index in [2.05, 4.69) is 164 Å². The summed E-state index contributed by atoms with van der Waals surface area (Å²) in [6.07, 6.45) is 0. The quantitative estimate of drug-likeness (QED) is 0.180. The van der Waals surface area contributed by atoms with Gasteiger partial charge in [-0.15, -0.1) is 11.3 Å². The number of fused-ring (bicyclic) bond motifs is 9. The second kappa shape index (κ2) is 9.83. The Morgan fingerprint density at radius 3 is 1.42 bits per heavy atom. The topological polar surface area (TPSA) is 28.3 Å². The Kier molecular flexibility index (Phi) is 5.77. The highest BCUT2D eigenvalue weighted by Crippen LogP contribution is 2.42. The Balaban J connectivity index is 1.29. The van der Waals surface area contributed by atoms with Crippen molar-refractivity contribution in [3.8, 4) is 11.4 Å². The molecule has 0 aliphatic carbocycles. The minimum Gasteiger partial charge on any atom is -0.399 e. The Morgan fingerprint density at radius 1 is 0.479 bits per heavy atom. The summed E-state index contributed by atoms with van der Waals surface area (Å²) in [6.45, 7) is 8.52. The molecule has 0 saturated carbocycles. The molecular weight excluding hydrogens is 607 g/mol. The van der Waals surface area contributed by atoms with Crippen LogP contribution in [0.5, 0.6) is 0 Å². The number of nitrogens with zero attached hydrogens (tertiary/aromatic N) is 2. The minimum atomic E-state index is -0.490. The molecular formula is C42H33BN2O2S. The first-order valence-corrected chi connectivity index (χ1v) is 17.4. The molecule has 10 rings (SSSR count). The average molecular weight is 641 g/mol. The predicted molar refractivity (Wildman–Crippen MR) is 204 cm³/mol. The van der Waals surface area contributed by atoms with E-state index in [-0.39, 0.29) is 0 Å². The molecule has 1 aliphatic rings. The van der Waals surface area contributed by atoms with Crippen molar-refractivity contribution >= 4 is 87.7 Å². The average Bonchev–Trinajstić information content (AvgIpc) is 3.80. The molecule has 4 nitrogen and oxygen atoms in total. The monoisotopic (exact) mass is 640 g/mol. The smallest absolute Gasteiger partial charge is 0.399 e. The molecule has 232 valence electrons. The summed E-state index contributed by atoms with van der Waals surface area (Å²) in [5, 5.41) is 7.46. The van der Waals surface area contributed by atoms with E-state index >= 15 is 0 Å². The molecule has 9 aromatic rings. The first kappa shape index (κ1) is 28.2. The van der Waals surface area contributed by atoms with E-state index in [1.54, 1.807) is 0 Å². The normalized spacial score (nSPS) is 16.0. The molecule has 6 aromatic carbocycles. The van der Waals surface area contributed by atoms with Crippen LogP contribution in [0.15, 0.2) is 127 Å². The third-order valence-corrected chi connectivity index (χ3v) is 12.0. The van der Waals surface area contributed by atoms with Gasteiger partial charge in [-0.25, -0.2) is 0 Å². The van der Waals surface area contributed by atoms with Gasteiger partial charge in [-0.3, -0.25) is 0 Å². The summed E-state index contributed by atoms with van der Waals surface area (Å²) in [6, 6.07) is 46.4. The SMILES string of the molecule is CC1(C)OB(c2cc(-n3c4ccccc4c4ccccc43)cc3c2sc2ccc(-n4c5ccccc5c5ccccc54)cc23)OC1(C)C. The van der Waals surface area contributed by atoms with Crippen LogP contribution in [0.4, 0.5) is 0 Å². The van der Waals surface area contributed by atoms with E-state index in [0.29, 0.717) is 0 Å². The van der Waals surface area contributed by atoms with E-state index in [1.807, 2.05) is 11.3 Å². The van der Waals surface area contributed by atoms with Crippen LogP contribution in [-0.4, -0.2) is 27.5 Å². The molecule has 6 heteroatoms. The molecule has 0 unspecified atom stereocenters. The van der Waals surface area contributed by atoms with Crippen molar-refractivity contribution in [1.29, 1.82) is 0 Å². The zero-order valence-electron chi connectivity index (χ0n) is 27.3. The molecule has 0 amide bonds. The maximum Gasteiger partial charge on any atom is 0.496 e. The van der Waals surface area contributed by atoms with Crippen molar-refractivity contribution in [3.63, 3.8) is 0 Å². The van der Waals surface area contributed by atoms with Gasteiger partial charge in [-0.2, -0.15) is 0 Å². The summed E-state index contributed by atoms with van der Waals surface area (Å²) in [5.41, 5.74) is 7.21. The van der Waals surface area contributed by atoms with E-state index in [9.17, 15) is 0 Å². The Morgan fingerprint density at radius 2 is 0.917 bits per heavy atom. The van der Waals surface area contributed by atoms with E-state index < -0.39 is 18.3 Å². The van der Waals surface area contributed by atoms with Crippen LogP contribution in [0.1, 0.15) is 27.7 Å². The maximum absolute atomic E-state index is 6.75. The minimum absolute atomic E-state index is 0.451. The fourth-order valence-electron chi connectivity index (χ4n) is 7.69. The van der Waals surface area contributed by atoms with Gasteiger partial charge in [0.15, 0.2) is 0 Å². The number of para-hydroxylation sites is 4. The van der Waals surface area contributed by atoms with Gasteiger partial charge in [-0.1, -0.05) is 72.8 Å². The van der Waals surface area contributed by atoms with Gasteiger partial charge >= 0.3 is 7.12 Å². The molecule has 1 fully saturated rings. The maximum atomic E-state index is 6.75. The fraction of sp³-hybridized carbons (Fsp3) is 0.143. The van der Waals surface area contributed by atoms with Crippen molar-refractivity contribution in [3.05, 3.63) is 127 Å². The van der Waals surface area contributed by atoms with Crippen molar-refractivity contribution in [1.82, 2.24) is 9.13 Å². The second-order valence-corrected chi connectivity index (χ2v) is 15.1. The fourth-order valence-corrected chi connectivity index (χ4v) is 8.88. The molecule has 48 heavy (non-hydrogen) atoms. The lowest BCUT2D eigenvalue weighted by molar-refractivity contribution is 0.00578. The van der Waals surface area contributed by atoms with Crippen LogP contribution in [0.25, 0.3) is 75.2 Å². The van der Waals surface area contributed by atoms with Gasteiger partial charge in [0.2, 0.25) is 0 Å². The molecule has 0 N–H and O–H groups in total. The summed E-state index contributed by atoms with van der Waals surface area (Å²) >= 11 is 1.82. The third kappa shape index (κ3) is 3.85. The van der Waals surface area contributed by atoms with Gasteiger partial charge in [0.25, 0.3) is 0 Å². The van der Waals surface area contributed by atoms with Crippen LogP contribution < -0.4 is 5.46 Å². The number of thiophene rings is 1. The zero-order chi connectivity index (χ0) is 32.4. The first-order valence-electron chi connectivity index (χ1n) is 16.6. The van der Waals surface area contributed by atoms with Gasteiger partial charge in [0.1, 0.15) is 0 Å². The van der Waals surface area contributed by atoms with Crippen molar-refractivity contribution in [2.75, 3.05) is 0 Å². The lowest BCUT2D eigenvalue weighted by Gasteiger charge is -2.32. The van der Waals surface area contributed by atoms with E-state index in [0.717, 1.165) is 16.8 Å². The number of hydrogen-bond donors (Lipinski definition) is 0. The standard InChI is InChI=1S/C42H33BN2O2S/c1-41(2)42(3,4)47-43(46-41)34-25-27(45-37-19-11-7-15-30(37)31-16-8-12-20-38(31)45)24-33-32-23-26(21-22-39(32)48-40(33)34)44-35-17-9-5-13-28(35)29-14-6-10-18-36(29)44/h5-25H,1-4H3. The molecule has 0 atom stereocenters. The molecule has 1 aliphatic heterocycles. The van der Waals surface area contributed by atoms with Crippen LogP contribution in [0.3, 0.4) is 0 Å². The predicted octanol–water partition coefficient (Wildman–Crippen LogP) is 10.5. The van der Waals surface area contributed by atoms with Gasteiger partial charge in [0, 0.05) is 58.6 Å². The molecule has 1 saturated heterocycles. The highest BCUT2D eigenvalue weighted by molar-refractivity contribution is 7.27. The van der Waals surface area contributed by atoms with Crippen LogP contribution >= 0.6 is 11.3 Å². The number of aromatic nitrogens is 2. The second-order valence-electron chi connectivity index (χ2n) is 14.0. The molecule has 0 spiro atoms. The largest absolute Gasteiger partial charge is 0.496 e. The molecule has 3 aromatic heterocycles. The summed E-state index contributed by atoms with van der Waals surface area (Å²) in [7, 11) is -0.490. The first-order chi connectivity index (χ1) is 23.3. The van der Waals surface area contributed by atoms with Gasteiger partial charge in [0.05, 0.1) is 33.3 Å². The lowest BCUT2D eigenvalue weighted by Crippen LogP contribution is -2.41. The van der Waals surface area contributed by atoms with Crippen molar-refractivity contribution in [2.45, 2.75) is 38.9 Å². The summed E-state index contributed by atoms with van der Waals surface area (Å²) in [4.78, 5) is 0. The van der Waals surface area contributed by atoms with Crippen LogP contribution in [0, 0.1) is 0 Å². The highest BCUT2D eigenvalue weighted by Gasteiger charge is 2.52. The van der Waals surface area contributed by atoms with Gasteiger partial charge < -0.3 is 18.4 Å². The Hall–Kier alpha value is -4.88. The summed E-state index contributed by atoms with van der Waals surface area (Å²) < 4.78 is 20.8. The molecule has 0 bridgehead atoms. The number of benzene rings is 6. The zero-order valence-corrected chi connectivity index (χ0v) is 28.1. The van der Waals surface area contributed by atoms with E-state index in [1.165, 1.54) is 63.8 Å². The Bertz CT molecular complexity index is 2640. The Labute approximate surface area is 282 Å². The number of rotatable bonds is 3. The highest BCUT2D eigenvalue weighted by atomic mass is 32.1. The molecule has 0 radical (unpaired) electrons. The molecule has 4 heterocycles. The van der Waals surface area contributed by atoms with Crippen LogP contribution in [0.2, 0.25) is 0 Å².